The Kier molecular flexibility index (Phi) is 3.41. The fraction of sp³-hybridized carbons (Fsp3) is 0.650. The van der Waals surface area contributed by atoms with Gasteiger partial charge < -0.3 is 9.84 Å². The molecule has 3 fully saturated rings. The Morgan fingerprint density at radius 2 is 2.12 bits per heavy atom. The van der Waals surface area contributed by atoms with Crippen molar-refractivity contribution in [2.75, 3.05) is 0 Å². The van der Waals surface area contributed by atoms with Crippen LogP contribution in [-0.2, 0) is 0 Å². The smallest absolute Gasteiger partial charge is 0.259 e. The summed E-state index contributed by atoms with van der Waals surface area (Å²) in [6.07, 6.45) is 7.66. The first-order valence-electron chi connectivity index (χ1n) is 9.68. The largest absolute Gasteiger partial charge is 0.349 e. The van der Waals surface area contributed by atoms with Crippen LogP contribution in [0.4, 0.5) is 0 Å². The van der Waals surface area contributed by atoms with E-state index in [4.69, 9.17) is 4.52 Å². The topological polar surface area (TPSA) is 68.0 Å². The van der Waals surface area contributed by atoms with Crippen molar-refractivity contribution >= 4 is 17.0 Å². The van der Waals surface area contributed by atoms with E-state index in [2.05, 4.69) is 22.4 Å². The molecule has 25 heavy (non-hydrogen) atoms. The van der Waals surface area contributed by atoms with E-state index in [0.717, 1.165) is 41.5 Å². The average Bonchev–Trinajstić information content (AvgIpc) is 3.06. The lowest BCUT2D eigenvalue weighted by Gasteiger charge is -2.28. The van der Waals surface area contributed by atoms with Crippen molar-refractivity contribution in [1.82, 2.24) is 15.5 Å². The molecular formula is C20H25N3O2. The maximum absolute atomic E-state index is 13.1. The third kappa shape index (κ3) is 2.55. The number of fused-ring (bicyclic) bond motifs is 3. The van der Waals surface area contributed by atoms with Gasteiger partial charge in [-0.05, 0) is 69.8 Å². The molecule has 3 aliphatic rings. The molecule has 3 aliphatic carbocycles. The van der Waals surface area contributed by atoms with Crippen LogP contribution in [0.1, 0.15) is 73.1 Å². The summed E-state index contributed by atoms with van der Waals surface area (Å²) < 4.78 is 5.36. The van der Waals surface area contributed by atoms with Gasteiger partial charge >= 0.3 is 0 Å². The van der Waals surface area contributed by atoms with E-state index in [9.17, 15) is 4.79 Å². The SMILES string of the molecule is Cc1noc2nc(C3CC3)cc(C(=O)N[C@H](C)[C@H]3C[C@@H]4CC[C@@H]3C4)c12. The van der Waals surface area contributed by atoms with Gasteiger partial charge in [-0.25, -0.2) is 4.98 Å². The summed E-state index contributed by atoms with van der Waals surface area (Å²) in [7, 11) is 0. The highest BCUT2D eigenvalue weighted by molar-refractivity contribution is 6.06. The van der Waals surface area contributed by atoms with Crippen LogP contribution in [0.15, 0.2) is 10.6 Å². The number of amides is 1. The average molecular weight is 339 g/mol. The maximum atomic E-state index is 13.1. The van der Waals surface area contributed by atoms with E-state index in [1.54, 1.807) is 0 Å². The van der Waals surface area contributed by atoms with Crippen molar-refractivity contribution in [3.05, 3.63) is 23.0 Å². The van der Waals surface area contributed by atoms with Crippen LogP contribution >= 0.6 is 0 Å². The van der Waals surface area contributed by atoms with Crippen LogP contribution in [0.2, 0.25) is 0 Å². The van der Waals surface area contributed by atoms with Gasteiger partial charge in [0, 0.05) is 17.7 Å². The minimum Gasteiger partial charge on any atom is -0.349 e. The van der Waals surface area contributed by atoms with Gasteiger partial charge in [0.2, 0.25) is 0 Å². The molecule has 2 aromatic rings. The van der Waals surface area contributed by atoms with Crippen LogP contribution in [0.25, 0.3) is 11.1 Å². The lowest BCUT2D eigenvalue weighted by molar-refractivity contribution is 0.0916. The van der Waals surface area contributed by atoms with Crippen molar-refractivity contribution in [3.8, 4) is 0 Å². The number of hydrogen-bond acceptors (Lipinski definition) is 4. The molecule has 0 radical (unpaired) electrons. The molecule has 0 spiro atoms. The highest BCUT2D eigenvalue weighted by atomic mass is 16.5. The van der Waals surface area contributed by atoms with E-state index in [-0.39, 0.29) is 11.9 Å². The third-order valence-corrected chi connectivity index (χ3v) is 6.67. The Bertz CT molecular complexity index is 839. The molecular weight excluding hydrogens is 314 g/mol. The van der Waals surface area contributed by atoms with Gasteiger partial charge in [0.1, 0.15) is 0 Å². The molecule has 2 aromatic heterocycles. The van der Waals surface area contributed by atoms with Crippen LogP contribution in [-0.4, -0.2) is 22.1 Å². The lowest BCUT2D eigenvalue weighted by Crippen LogP contribution is -2.40. The molecule has 132 valence electrons. The number of carbonyl (C=O) groups is 1. The minimum atomic E-state index is -0.00382. The zero-order valence-electron chi connectivity index (χ0n) is 14.9. The van der Waals surface area contributed by atoms with Crippen LogP contribution in [0, 0.1) is 24.7 Å². The van der Waals surface area contributed by atoms with E-state index in [1.165, 1.54) is 25.7 Å². The number of pyridine rings is 1. The fourth-order valence-corrected chi connectivity index (χ4v) is 5.18. The first-order chi connectivity index (χ1) is 12.1. The summed E-state index contributed by atoms with van der Waals surface area (Å²) in [6.45, 7) is 4.05. The summed E-state index contributed by atoms with van der Waals surface area (Å²) in [6, 6.07) is 2.18. The Morgan fingerprint density at radius 3 is 2.80 bits per heavy atom. The molecule has 1 amide bonds. The fourth-order valence-electron chi connectivity index (χ4n) is 5.18. The molecule has 0 unspecified atom stereocenters. The summed E-state index contributed by atoms with van der Waals surface area (Å²) in [4.78, 5) is 17.6. The quantitative estimate of drug-likeness (QED) is 0.915. The normalized spacial score (nSPS) is 29.3. The first kappa shape index (κ1) is 15.4. The Hall–Kier alpha value is -1.91. The highest BCUT2D eigenvalue weighted by Gasteiger charge is 2.42. The predicted molar refractivity (Wildman–Crippen MR) is 94.4 cm³/mol. The summed E-state index contributed by atoms with van der Waals surface area (Å²) >= 11 is 0. The van der Waals surface area contributed by atoms with Crippen molar-refractivity contribution in [1.29, 1.82) is 0 Å². The number of nitrogens with one attached hydrogen (secondary N) is 1. The molecule has 5 nitrogen and oxygen atoms in total. The first-order valence-corrected chi connectivity index (χ1v) is 9.68. The monoisotopic (exact) mass is 339 g/mol. The number of nitrogens with zero attached hydrogens (tertiary/aromatic N) is 2. The van der Waals surface area contributed by atoms with Crippen LogP contribution in [0.5, 0.6) is 0 Å². The second-order valence-corrected chi connectivity index (χ2v) is 8.42. The Balaban J connectivity index is 1.43. The van der Waals surface area contributed by atoms with Gasteiger partial charge in [-0.15, -0.1) is 0 Å². The molecule has 2 heterocycles. The molecule has 0 aromatic carbocycles. The number of hydrogen-bond donors (Lipinski definition) is 1. The van der Waals surface area contributed by atoms with Crippen molar-refractivity contribution < 1.29 is 9.32 Å². The Labute approximate surface area is 147 Å². The maximum Gasteiger partial charge on any atom is 0.259 e. The van der Waals surface area contributed by atoms with Crippen LogP contribution in [0.3, 0.4) is 0 Å². The molecule has 0 aliphatic heterocycles. The summed E-state index contributed by atoms with van der Waals surface area (Å²) in [5.41, 5.74) is 2.89. The number of carbonyl (C=O) groups excluding carboxylic acids is 1. The summed E-state index contributed by atoms with van der Waals surface area (Å²) in [5.74, 6) is 2.80. The van der Waals surface area contributed by atoms with E-state index in [0.29, 0.717) is 23.1 Å². The van der Waals surface area contributed by atoms with Crippen molar-refractivity contribution in [2.45, 2.75) is 64.3 Å². The highest BCUT2D eigenvalue weighted by Crippen LogP contribution is 2.49. The minimum absolute atomic E-state index is 0.00382. The Morgan fingerprint density at radius 1 is 1.28 bits per heavy atom. The zero-order valence-corrected chi connectivity index (χ0v) is 14.9. The van der Waals surface area contributed by atoms with Gasteiger partial charge in [-0.2, -0.15) is 0 Å². The van der Waals surface area contributed by atoms with Crippen LogP contribution < -0.4 is 5.32 Å². The molecule has 0 saturated heterocycles. The van der Waals surface area contributed by atoms with Gasteiger partial charge in [0.05, 0.1) is 16.6 Å². The van der Waals surface area contributed by atoms with E-state index in [1.807, 2.05) is 13.0 Å². The second-order valence-electron chi connectivity index (χ2n) is 8.42. The second kappa shape index (κ2) is 5.55. The number of aryl methyl sites for hydroxylation is 1. The molecule has 1 N–H and O–H groups in total. The zero-order chi connectivity index (χ0) is 17.1. The molecule has 3 saturated carbocycles. The van der Waals surface area contributed by atoms with Gasteiger partial charge in [-0.3, -0.25) is 4.79 Å². The molecule has 2 bridgehead atoms. The van der Waals surface area contributed by atoms with Crippen molar-refractivity contribution in [2.24, 2.45) is 17.8 Å². The lowest BCUT2D eigenvalue weighted by atomic mass is 9.84. The standard InChI is InChI=1S/C20H25N3O2/c1-10(15-8-12-3-4-14(15)7-12)21-19(24)16-9-17(13-5-6-13)22-20-18(16)11(2)23-25-20/h9-10,12-15H,3-8H2,1-2H3,(H,21,24)/t10-,12-,14-,15-/m1/s1. The number of rotatable bonds is 4. The molecule has 4 atom stereocenters. The third-order valence-electron chi connectivity index (χ3n) is 6.67. The number of aromatic nitrogens is 2. The van der Waals surface area contributed by atoms with E-state index < -0.39 is 0 Å². The predicted octanol–water partition coefficient (Wildman–Crippen LogP) is 3.96. The summed E-state index contributed by atoms with van der Waals surface area (Å²) in [5, 5.41) is 8.08. The van der Waals surface area contributed by atoms with Gasteiger partial charge in [0.15, 0.2) is 0 Å². The molecule has 5 rings (SSSR count). The van der Waals surface area contributed by atoms with E-state index >= 15 is 0 Å². The molecule has 5 heteroatoms. The van der Waals surface area contributed by atoms with Gasteiger partial charge in [0.25, 0.3) is 11.6 Å². The van der Waals surface area contributed by atoms with Crippen molar-refractivity contribution in [3.63, 3.8) is 0 Å². The van der Waals surface area contributed by atoms with Gasteiger partial charge in [-0.1, -0.05) is 11.6 Å².